The highest BCUT2D eigenvalue weighted by Gasteiger charge is 2.42. The summed E-state index contributed by atoms with van der Waals surface area (Å²) in [5.74, 6) is 0. The van der Waals surface area contributed by atoms with Crippen LogP contribution in [0.15, 0.2) is 152 Å². The Kier molecular flexibility index (Phi) is 8.96. The fourth-order valence-corrected chi connectivity index (χ4v) is 12.3. The Morgan fingerprint density at radius 2 is 0.922 bits per heavy atom. The molecule has 0 aromatic heterocycles. The largest absolute Gasteiger partial charge is 0.310 e. The molecule has 320 valence electrons. The molecule has 64 heavy (non-hydrogen) atoms. The molecule has 0 saturated heterocycles. The van der Waals surface area contributed by atoms with Crippen LogP contribution in [0, 0.1) is 0 Å². The van der Waals surface area contributed by atoms with Crippen molar-refractivity contribution < 1.29 is 0 Å². The minimum Gasteiger partial charge on any atom is -0.310 e. The molecule has 0 radical (unpaired) electrons. The van der Waals surface area contributed by atoms with Crippen LogP contribution in [0.4, 0.5) is 17.1 Å². The summed E-state index contributed by atoms with van der Waals surface area (Å²) in [5, 5.41) is 5.15. The lowest BCUT2D eigenvalue weighted by molar-refractivity contribution is 0.332. The average Bonchev–Trinajstić information content (AvgIpc) is 3.51. The maximum Gasteiger partial charge on any atom is 0.0543 e. The van der Waals surface area contributed by atoms with Gasteiger partial charge in [0.25, 0.3) is 0 Å². The topological polar surface area (TPSA) is 3.24 Å². The SMILES string of the molecule is CC1(C)CCC(C)(C)c2cc(N(c3ccc(-c4cc5ccccc5c5ccccc45)cc3)c3cc4c(cc3-c3cccc5c3C(C)(C)CCC5(C)C)-c3ccccc3C4(C)C)ccc21. The van der Waals surface area contributed by atoms with Crippen molar-refractivity contribution in [3.05, 3.63) is 185 Å². The number of nitrogens with zero attached hydrogens (tertiary/aromatic N) is 1. The van der Waals surface area contributed by atoms with Gasteiger partial charge in [0.1, 0.15) is 0 Å². The summed E-state index contributed by atoms with van der Waals surface area (Å²) in [4.78, 5) is 2.62. The highest BCUT2D eigenvalue weighted by molar-refractivity contribution is 6.13. The molecule has 1 heteroatoms. The van der Waals surface area contributed by atoms with Crippen LogP contribution in [0.5, 0.6) is 0 Å². The summed E-state index contributed by atoms with van der Waals surface area (Å²) >= 11 is 0. The lowest BCUT2D eigenvalue weighted by Gasteiger charge is -2.44. The molecule has 0 amide bonds. The zero-order valence-corrected chi connectivity index (χ0v) is 39.7. The van der Waals surface area contributed by atoms with Crippen LogP contribution in [0.25, 0.3) is 54.9 Å². The van der Waals surface area contributed by atoms with E-state index in [1.165, 1.54) is 125 Å². The lowest BCUT2D eigenvalue weighted by atomic mass is 9.61. The van der Waals surface area contributed by atoms with Gasteiger partial charge < -0.3 is 4.90 Å². The molecule has 1 nitrogen and oxygen atoms in total. The molecule has 0 saturated carbocycles. The molecule has 0 atom stereocenters. The van der Waals surface area contributed by atoms with Crippen molar-refractivity contribution in [2.75, 3.05) is 4.90 Å². The second-order valence-corrected chi connectivity index (χ2v) is 22.7. The molecule has 8 aromatic rings. The summed E-state index contributed by atoms with van der Waals surface area (Å²) < 4.78 is 0. The van der Waals surface area contributed by atoms with Crippen LogP contribution in [0.3, 0.4) is 0 Å². The normalized spacial score (nSPS) is 18.2. The first-order valence-corrected chi connectivity index (χ1v) is 23.9. The first-order chi connectivity index (χ1) is 30.5. The van der Waals surface area contributed by atoms with Gasteiger partial charge >= 0.3 is 0 Å². The molecule has 0 bridgehead atoms. The Labute approximate surface area is 382 Å². The predicted molar refractivity (Wildman–Crippen MR) is 275 cm³/mol. The monoisotopic (exact) mass is 833 g/mol. The van der Waals surface area contributed by atoms with Crippen molar-refractivity contribution in [3.63, 3.8) is 0 Å². The molecule has 0 aliphatic heterocycles. The highest BCUT2D eigenvalue weighted by Crippen LogP contribution is 2.57. The average molecular weight is 834 g/mol. The van der Waals surface area contributed by atoms with Gasteiger partial charge in [-0.3, -0.25) is 0 Å². The van der Waals surface area contributed by atoms with Crippen LogP contribution >= 0.6 is 0 Å². The first-order valence-electron chi connectivity index (χ1n) is 23.9. The van der Waals surface area contributed by atoms with E-state index in [0.29, 0.717) is 0 Å². The molecule has 0 N–H and O–H groups in total. The number of hydrogen-bond donors (Lipinski definition) is 0. The summed E-state index contributed by atoms with van der Waals surface area (Å²) in [6, 6.07) is 58.6. The molecule has 3 aliphatic rings. The quantitative estimate of drug-likeness (QED) is 0.156. The third-order valence-corrected chi connectivity index (χ3v) is 16.4. The zero-order chi connectivity index (χ0) is 44.6. The summed E-state index contributed by atoms with van der Waals surface area (Å²) in [5.41, 5.74) is 20.4. The molecule has 0 fully saturated rings. The maximum absolute atomic E-state index is 2.62. The second-order valence-electron chi connectivity index (χ2n) is 22.7. The highest BCUT2D eigenvalue weighted by atomic mass is 15.1. The molecule has 11 rings (SSSR count). The van der Waals surface area contributed by atoms with Crippen molar-refractivity contribution in [2.45, 2.75) is 122 Å². The van der Waals surface area contributed by atoms with Gasteiger partial charge in [-0.2, -0.15) is 0 Å². The molecule has 3 aliphatic carbocycles. The standard InChI is InChI=1S/C63H63N/c1-59(2)32-33-61(5,6)56-37-43(30-31-53(56)59)64(42-28-26-40(27-29-42)49-36-41-18-11-12-19-44(41)45-20-13-14-21-46(45)49)57-39-55-50(47-22-15-16-24-52(47)63(55,9)10)38-51(57)48-23-17-25-54-58(48)62(7,8)35-34-60(54,3)4/h11-31,36-39H,32-35H2,1-10H3. The van der Waals surface area contributed by atoms with E-state index in [-0.39, 0.29) is 27.1 Å². The Balaban J connectivity index is 1.20. The molecule has 0 spiro atoms. The van der Waals surface area contributed by atoms with Crippen molar-refractivity contribution in [3.8, 4) is 33.4 Å². The van der Waals surface area contributed by atoms with Gasteiger partial charge in [0.05, 0.1) is 5.69 Å². The van der Waals surface area contributed by atoms with Crippen LogP contribution < -0.4 is 4.90 Å². The van der Waals surface area contributed by atoms with E-state index in [9.17, 15) is 0 Å². The smallest absolute Gasteiger partial charge is 0.0543 e. The van der Waals surface area contributed by atoms with Crippen molar-refractivity contribution >= 4 is 38.6 Å². The third kappa shape index (κ3) is 6.17. The van der Waals surface area contributed by atoms with Crippen molar-refractivity contribution in [1.29, 1.82) is 0 Å². The van der Waals surface area contributed by atoms with Crippen LogP contribution in [0.2, 0.25) is 0 Å². The Morgan fingerprint density at radius 1 is 0.344 bits per heavy atom. The van der Waals surface area contributed by atoms with Gasteiger partial charge in [-0.15, -0.1) is 0 Å². The van der Waals surface area contributed by atoms with E-state index in [0.717, 1.165) is 6.42 Å². The summed E-state index contributed by atoms with van der Waals surface area (Å²) in [7, 11) is 0. The zero-order valence-electron chi connectivity index (χ0n) is 39.7. The van der Waals surface area contributed by atoms with E-state index < -0.39 is 0 Å². The first kappa shape index (κ1) is 40.8. The van der Waals surface area contributed by atoms with E-state index in [4.69, 9.17) is 0 Å². The Hall–Kier alpha value is -5.92. The van der Waals surface area contributed by atoms with Gasteiger partial charge in [0, 0.05) is 22.4 Å². The van der Waals surface area contributed by atoms with E-state index in [1.54, 1.807) is 0 Å². The predicted octanol–water partition coefficient (Wildman–Crippen LogP) is 17.8. The van der Waals surface area contributed by atoms with E-state index >= 15 is 0 Å². The Bertz CT molecular complexity index is 3190. The number of hydrogen-bond acceptors (Lipinski definition) is 1. The molecule has 8 aromatic carbocycles. The minimum absolute atomic E-state index is 0.0193. The van der Waals surface area contributed by atoms with Gasteiger partial charge in [-0.25, -0.2) is 0 Å². The van der Waals surface area contributed by atoms with E-state index in [1.807, 2.05) is 0 Å². The van der Waals surface area contributed by atoms with Gasteiger partial charge in [0.2, 0.25) is 0 Å². The van der Waals surface area contributed by atoms with Gasteiger partial charge in [-0.05, 0) is 173 Å². The number of rotatable bonds is 5. The maximum atomic E-state index is 2.62. The fourth-order valence-electron chi connectivity index (χ4n) is 12.3. The fraction of sp³-hybridized carbons (Fsp3) is 0.302. The van der Waals surface area contributed by atoms with Gasteiger partial charge in [0.15, 0.2) is 0 Å². The van der Waals surface area contributed by atoms with Crippen LogP contribution in [-0.4, -0.2) is 0 Å². The van der Waals surface area contributed by atoms with Crippen molar-refractivity contribution in [1.82, 2.24) is 0 Å². The number of benzene rings is 8. The number of fused-ring (bicyclic) bond motifs is 8. The minimum atomic E-state index is -0.162. The Morgan fingerprint density at radius 3 is 1.67 bits per heavy atom. The third-order valence-electron chi connectivity index (χ3n) is 16.4. The van der Waals surface area contributed by atoms with Crippen molar-refractivity contribution in [2.24, 2.45) is 0 Å². The van der Waals surface area contributed by atoms with E-state index in [2.05, 4.69) is 226 Å². The van der Waals surface area contributed by atoms with Crippen LogP contribution in [0.1, 0.15) is 128 Å². The molecular formula is C63H63N. The summed E-state index contributed by atoms with van der Waals surface area (Å²) in [6.07, 6.45) is 4.70. The molecule has 0 unspecified atom stereocenters. The van der Waals surface area contributed by atoms with Crippen LogP contribution in [-0.2, 0) is 27.1 Å². The summed E-state index contributed by atoms with van der Waals surface area (Å²) in [6.45, 7) is 24.5. The molecule has 0 heterocycles. The second kappa shape index (κ2) is 14.0. The number of anilines is 3. The van der Waals surface area contributed by atoms with Gasteiger partial charge in [-0.1, -0.05) is 178 Å². The molecular weight excluding hydrogens is 771 g/mol. The lowest BCUT2D eigenvalue weighted by Crippen LogP contribution is -2.34.